The molecule has 1 aliphatic rings. The van der Waals surface area contributed by atoms with E-state index < -0.39 is 0 Å². The van der Waals surface area contributed by atoms with Gasteiger partial charge in [0.05, 0.1) is 0 Å². The normalized spacial score (nSPS) is 21.1. The van der Waals surface area contributed by atoms with Crippen LogP contribution in [0.5, 0.6) is 0 Å². The summed E-state index contributed by atoms with van der Waals surface area (Å²) in [5.74, 6) is 1.43. The second-order valence-corrected chi connectivity index (χ2v) is 5.10. The molecule has 1 fully saturated rings. The first-order chi connectivity index (χ1) is 9.19. The molecule has 1 aromatic rings. The van der Waals surface area contributed by atoms with Crippen LogP contribution in [0.2, 0.25) is 0 Å². The van der Waals surface area contributed by atoms with Crippen molar-refractivity contribution in [2.45, 2.75) is 32.7 Å². The van der Waals surface area contributed by atoms with Crippen molar-refractivity contribution >= 4 is 29.9 Å². The van der Waals surface area contributed by atoms with Crippen LogP contribution in [0.1, 0.15) is 25.8 Å². The highest BCUT2D eigenvalue weighted by Gasteiger charge is 2.33. The van der Waals surface area contributed by atoms with Gasteiger partial charge in [0.1, 0.15) is 5.82 Å². The molecule has 0 heterocycles. The Morgan fingerprint density at radius 2 is 2.20 bits per heavy atom. The van der Waals surface area contributed by atoms with Gasteiger partial charge in [0, 0.05) is 19.1 Å². The third-order valence-electron chi connectivity index (χ3n) is 3.34. The summed E-state index contributed by atoms with van der Waals surface area (Å²) < 4.78 is 13.0. The molecular weight excluding hydrogens is 368 g/mol. The molecule has 2 atom stereocenters. The highest BCUT2D eigenvalue weighted by molar-refractivity contribution is 14.0. The Hall–Kier alpha value is -0.850. The summed E-state index contributed by atoms with van der Waals surface area (Å²) in [5.41, 5.74) is 0.986. The molecule has 0 saturated heterocycles. The topological polar surface area (TPSA) is 36.4 Å². The number of aliphatic imine (C=N–C) groups is 1. The minimum absolute atomic E-state index is 0. The van der Waals surface area contributed by atoms with Crippen molar-refractivity contribution in [3.8, 4) is 0 Å². The molecule has 1 saturated carbocycles. The fraction of sp³-hybridized carbons (Fsp3) is 0.533. The predicted molar refractivity (Wildman–Crippen MR) is 92.2 cm³/mol. The van der Waals surface area contributed by atoms with E-state index in [2.05, 4.69) is 29.5 Å². The highest BCUT2D eigenvalue weighted by atomic mass is 127. The molecule has 1 aliphatic carbocycles. The number of hydrogen-bond acceptors (Lipinski definition) is 1. The number of guanidine groups is 1. The van der Waals surface area contributed by atoms with E-state index in [9.17, 15) is 4.39 Å². The molecule has 0 aliphatic heterocycles. The van der Waals surface area contributed by atoms with E-state index in [4.69, 9.17) is 0 Å². The molecule has 2 N–H and O–H groups in total. The fourth-order valence-electron chi connectivity index (χ4n) is 2.01. The fourth-order valence-corrected chi connectivity index (χ4v) is 2.01. The summed E-state index contributed by atoms with van der Waals surface area (Å²) >= 11 is 0. The first-order valence-corrected chi connectivity index (χ1v) is 6.98. The molecule has 112 valence electrons. The summed E-state index contributed by atoms with van der Waals surface area (Å²) in [6, 6.07) is 7.27. The SMILES string of the molecule is CCNC(=NCCc1cccc(F)c1)NC1CC1C.I. The number of benzene rings is 1. The van der Waals surface area contributed by atoms with Crippen molar-refractivity contribution in [2.24, 2.45) is 10.9 Å². The van der Waals surface area contributed by atoms with Gasteiger partial charge in [-0.2, -0.15) is 0 Å². The molecule has 0 amide bonds. The van der Waals surface area contributed by atoms with Gasteiger partial charge >= 0.3 is 0 Å². The zero-order valence-electron chi connectivity index (χ0n) is 12.0. The van der Waals surface area contributed by atoms with Crippen LogP contribution in [0.4, 0.5) is 4.39 Å². The van der Waals surface area contributed by atoms with Crippen LogP contribution in [-0.4, -0.2) is 25.1 Å². The summed E-state index contributed by atoms with van der Waals surface area (Å²) in [6.07, 6.45) is 1.98. The van der Waals surface area contributed by atoms with Gasteiger partial charge in [-0.15, -0.1) is 24.0 Å². The van der Waals surface area contributed by atoms with Crippen LogP contribution in [0, 0.1) is 11.7 Å². The van der Waals surface area contributed by atoms with Crippen LogP contribution >= 0.6 is 24.0 Å². The zero-order valence-corrected chi connectivity index (χ0v) is 14.4. The van der Waals surface area contributed by atoms with Crippen LogP contribution in [0.15, 0.2) is 29.3 Å². The van der Waals surface area contributed by atoms with Gasteiger partial charge in [-0.25, -0.2) is 4.39 Å². The summed E-state index contributed by atoms with van der Waals surface area (Å²) in [7, 11) is 0. The Morgan fingerprint density at radius 1 is 1.45 bits per heavy atom. The lowest BCUT2D eigenvalue weighted by atomic mass is 10.1. The first-order valence-electron chi connectivity index (χ1n) is 6.98. The largest absolute Gasteiger partial charge is 0.357 e. The standard InChI is InChI=1S/C15H22FN3.HI/c1-3-17-15(19-14-9-11(14)2)18-8-7-12-5-4-6-13(16)10-12;/h4-6,10-11,14H,3,7-9H2,1-2H3,(H2,17,18,19);1H. The Balaban J connectivity index is 0.00000200. The van der Waals surface area contributed by atoms with Gasteiger partial charge in [-0.1, -0.05) is 19.1 Å². The smallest absolute Gasteiger partial charge is 0.191 e. The average molecular weight is 391 g/mol. The quantitative estimate of drug-likeness (QED) is 0.460. The third-order valence-corrected chi connectivity index (χ3v) is 3.34. The lowest BCUT2D eigenvalue weighted by molar-refractivity contribution is 0.625. The van der Waals surface area contributed by atoms with E-state index in [1.165, 1.54) is 12.5 Å². The molecule has 1 aromatic carbocycles. The van der Waals surface area contributed by atoms with Crippen LogP contribution in [-0.2, 0) is 6.42 Å². The summed E-state index contributed by atoms with van der Waals surface area (Å²) in [4.78, 5) is 4.52. The Morgan fingerprint density at radius 3 is 2.80 bits per heavy atom. The van der Waals surface area contributed by atoms with Gasteiger partial charge in [0.2, 0.25) is 0 Å². The summed E-state index contributed by atoms with van der Waals surface area (Å²) in [5, 5.41) is 6.64. The monoisotopic (exact) mass is 391 g/mol. The minimum atomic E-state index is -0.182. The second kappa shape index (κ2) is 8.44. The molecule has 20 heavy (non-hydrogen) atoms. The molecule has 3 nitrogen and oxygen atoms in total. The number of nitrogens with one attached hydrogen (secondary N) is 2. The highest BCUT2D eigenvalue weighted by Crippen LogP contribution is 2.28. The summed E-state index contributed by atoms with van der Waals surface area (Å²) in [6.45, 7) is 5.81. The van der Waals surface area contributed by atoms with E-state index in [-0.39, 0.29) is 29.8 Å². The lowest BCUT2D eigenvalue weighted by Crippen LogP contribution is -2.39. The van der Waals surface area contributed by atoms with Gasteiger partial charge in [0.15, 0.2) is 5.96 Å². The number of nitrogens with zero attached hydrogens (tertiary/aromatic N) is 1. The van der Waals surface area contributed by atoms with Crippen molar-refractivity contribution in [1.29, 1.82) is 0 Å². The minimum Gasteiger partial charge on any atom is -0.357 e. The second-order valence-electron chi connectivity index (χ2n) is 5.10. The maximum Gasteiger partial charge on any atom is 0.191 e. The van der Waals surface area contributed by atoms with Gasteiger partial charge in [-0.05, 0) is 43.4 Å². The average Bonchev–Trinajstić information content (AvgIpc) is 3.05. The van der Waals surface area contributed by atoms with Crippen molar-refractivity contribution in [3.63, 3.8) is 0 Å². The van der Waals surface area contributed by atoms with Gasteiger partial charge in [0.25, 0.3) is 0 Å². The molecular formula is C15H23FIN3. The molecule has 0 bridgehead atoms. The molecule has 5 heteroatoms. The number of halogens is 2. The van der Waals surface area contributed by atoms with Gasteiger partial charge < -0.3 is 10.6 Å². The lowest BCUT2D eigenvalue weighted by Gasteiger charge is -2.10. The molecule has 0 aromatic heterocycles. The van der Waals surface area contributed by atoms with Crippen molar-refractivity contribution < 1.29 is 4.39 Å². The maximum atomic E-state index is 13.0. The van der Waals surface area contributed by atoms with Crippen LogP contribution in [0.25, 0.3) is 0 Å². The van der Waals surface area contributed by atoms with Gasteiger partial charge in [-0.3, -0.25) is 4.99 Å². The van der Waals surface area contributed by atoms with Crippen molar-refractivity contribution in [2.75, 3.05) is 13.1 Å². The Bertz CT molecular complexity index is 450. The molecule has 2 rings (SSSR count). The van der Waals surface area contributed by atoms with Crippen LogP contribution in [0.3, 0.4) is 0 Å². The molecule has 2 unspecified atom stereocenters. The number of hydrogen-bond donors (Lipinski definition) is 2. The zero-order chi connectivity index (χ0) is 13.7. The Labute approximate surface area is 137 Å². The molecule has 0 spiro atoms. The maximum absolute atomic E-state index is 13.0. The van der Waals surface area contributed by atoms with E-state index >= 15 is 0 Å². The van der Waals surface area contributed by atoms with Crippen molar-refractivity contribution in [3.05, 3.63) is 35.6 Å². The number of rotatable bonds is 5. The Kier molecular flexibility index (Phi) is 7.26. The first kappa shape index (κ1) is 17.2. The van der Waals surface area contributed by atoms with E-state index in [1.807, 2.05) is 6.07 Å². The molecule has 0 radical (unpaired) electrons. The third kappa shape index (κ3) is 5.64. The van der Waals surface area contributed by atoms with E-state index in [1.54, 1.807) is 12.1 Å². The van der Waals surface area contributed by atoms with Crippen LogP contribution < -0.4 is 10.6 Å². The predicted octanol–water partition coefficient (Wildman–Crippen LogP) is 2.95. The van der Waals surface area contributed by atoms with E-state index in [0.29, 0.717) is 12.6 Å². The van der Waals surface area contributed by atoms with E-state index in [0.717, 1.165) is 30.4 Å². The van der Waals surface area contributed by atoms with Crippen molar-refractivity contribution in [1.82, 2.24) is 10.6 Å².